The Morgan fingerprint density at radius 2 is 1.93 bits per heavy atom. The Hall–Kier alpha value is -2.47. The summed E-state index contributed by atoms with van der Waals surface area (Å²) >= 11 is 1.50. The van der Waals surface area contributed by atoms with Crippen LogP contribution in [-0.4, -0.2) is 22.1 Å². The molecule has 0 unspecified atom stereocenters. The Bertz CT molecular complexity index is 1020. The number of hydrogen-bond acceptors (Lipinski definition) is 5. The van der Waals surface area contributed by atoms with Gasteiger partial charge in [-0.2, -0.15) is 0 Å². The predicted molar refractivity (Wildman–Crippen MR) is 109 cm³/mol. The van der Waals surface area contributed by atoms with E-state index in [9.17, 15) is 9.59 Å². The van der Waals surface area contributed by atoms with Gasteiger partial charge in [0.05, 0.1) is 18.3 Å². The molecule has 0 bridgehead atoms. The number of ether oxygens (including phenoxy) is 1. The lowest BCUT2D eigenvalue weighted by molar-refractivity contribution is -0.147. The van der Waals surface area contributed by atoms with Gasteiger partial charge < -0.3 is 4.74 Å². The zero-order chi connectivity index (χ0) is 19.6. The average molecular weight is 385 g/mol. The Morgan fingerprint density at radius 3 is 2.56 bits per heavy atom. The van der Waals surface area contributed by atoms with Gasteiger partial charge in [0.15, 0.2) is 0 Å². The highest BCUT2D eigenvalue weighted by Crippen LogP contribution is 2.35. The van der Waals surface area contributed by atoms with Crippen LogP contribution in [0, 0.1) is 13.8 Å². The SMILES string of the molecule is CCCOC(=O)[C@@H](CC)n1cnc2sc(C)c(-c3ccc(C)cc3)c2c1=O. The van der Waals surface area contributed by atoms with Gasteiger partial charge >= 0.3 is 5.97 Å². The van der Waals surface area contributed by atoms with Crippen LogP contribution in [0.15, 0.2) is 35.4 Å². The van der Waals surface area contributed by atoms with Gasteiger partial charge in [-0.25, -0.2) is 9.78 Å². The Morgan fingerprint density at radius 1 is 1.22 bits per heavy atom. The predicted octanol–water partition coefficient (Wildman–Crippen LogP) is 4.65. The van der Waals surface area contributed by atoms with Gasteiger partial charge in [0, 0.05) is 10.4 Å². The molecule has 0 saturated carbocycles. The highest BCUT2D eigenvalue weighted by molar-refractivity contribution is 7.19. The number of benzene rings is 1. The maximum Gasteiger partial charge on any atom is 0.329 e. The van der Waals surface area contributed by atoms with Crippen molar-refractivity contribution < 1.29 is 9.53 Å². The summed E-state index contributed by atoms with van der Waals surface area (Å²) in [7, 11) is 0. The molecule has 0 saturated heterocycles. The number of nitrogens with zero attached hydrogens (tertiary/aromatic N) is 2. The van der Waals surface area contributed by atoms with E-state index >= 15 is 0 Å². The fourth-order valence-electron chi connectivity index (χ4n) is 3.18. The molecule has 0 aliphatic carbocycles. The average Bonchev–Trinajstić information content (AvgIpc) is 3.00. The summed E-state index contributed by atoms with van der Waals surface area (Å²) in [5.74, 6) is -0.383. The first-order valence-corrected chi connectivity index (χ1v) is 10.0. The maximum absolute atomic E-state index is 13.3. The number of fused-ring (bicyclic) bond motifs is 1. The third-order valence-corrected chi connectivity index (χ3v) is 5.61. The van der Waals surface area contributed by atoms with Crippen molar-refractivity contribution in [1.82, 2.24) is 9.55 Å². The van der Waals surface area contributed by atoms with Gasteiger partial charge in [0.2, 0.25) is 0 Å². The van der Waals surface area contributed by atoms with Crippen molar-refractivity contribution in [2.45, 2.75) is 46.6 Å². The van der Waals surface area contributed by atoms with Crippen LogP contribution in [0.5, 0.6) is 0 Å². The smallest absolute Gasteiger partial charge is 0.329 e. The first-order chi connectivity index (χ1) is 13.0. The molecular weight excluding hydrogens is 360 g/mol. The lowest BCUT2D eigenvalue weighted by atomic mass is 10.0. The van der Waals surface area contributed by atoms with E-state index < -0.39 is 6.04 Å². The van der Waals surface area contributed by atoms with Crippen molar-refractivity contribution in [2.75, 3.05) is 6.61 Å². The molecule has 27 heavy (non-hydrogen) atoms. The van der Waals surface area contributed by atoms with Gasteiger partial charge in [0.25, 0.3) is 5.56 Å². The number of rotatable bonds is 6. The van der Waals surface area contributed by atoms with Crippen LogP contribution in [0.25, 0.3) is 21.3 Å². The van der Waals surface area contributed by atoms with E-state index in [-0.39, 0.29) is 11.5 Å². The highest BCUT2D eigenvalue weighted by Gasteiger charge is 2.24. The van der Waals surface area contributed by atoms with E-state index in [1.165, 1.54) is 22.2 Å². The quantitative estimate of drug-likeness (QED) is 0.581. The number of hydrogen-bond donors (Lipinski definition) is 0. The largest absolute Gasteiger partial charge is 0.464 e. The molecule has 0 N–H and O–H groups in total. The molecule has 1 atom stereocenters. The van der Waals surface area contributed by atoms with Gasteiger partial charge in [0.1, 0.15) is 10.9 Å². The molecule has 0 spiro atoms. The second-order valence-corrected chi connectivity index (χ2v) is 7.83. The number of carbonyl (C=O) groups excluding carboxylic acids is 1. The molecule has 0 amide bonds. The summed E-state index contributed by atoms with van der Waals surface area (Å²) in [6, 6.07) is 7.45. The third-order valence-electron chi connectivity index (χ3n) is 4.60. The molecule has 2 heterocycles. The monoisotopic (exact) mass is 384 g/mol. The molecule has 142 valence electrons. The molecule has 3 aromatic rings. The van der Waals surface area contributed by atoms with E-state index in [0.29, 0.717) is 23.2 Å². The van der Waals surface area contributed by atoms with Crippen LogP contribution >= 0.6 is 11.3 Å². The summed E-state index contributed by atoms with van der Waals surface area (Å²) in [5, 5.41) is 0.575. The molecule has 0 aliphatic heterocycles. The van der Waals surface area contributed by atoms with E-state index in [1.807, 2.05) is 52.0 Å². The maximum atomic E-state index is 13.3. The molecule has 2 aromatic heterocycles. The summed E-state index contributed by atoms with van der Waals surface area (Å²) in [6.45, 7) is 8.19. The summed E-state index contributed by atoms with van der Waals surface area (Å²) in [4.78, 5) is 31.9. The van der Waals surface area contributed by atoms with Gasteiger partial charge in [-0.05, 0) is 32.3 Å². The van der Waals surface area contributed by atoms with E-state index in [0.717, 1.165) is 28.0 Å². The van der Waals surface area contributed by atoms with Gasteiger partial charge in [-0.15, -0.1) is 11.3 Å². The second kappa shape index (κ2) is 8.05. The first kappa shape index (κ1) is 19.3. The van der Waals surface area contributed by atoms with Crippen molar-refractivity contribution >= 4 is 27.5 Å². The van der Waals surface area contributed by atoms with Gasteiger partial charge in [-0.3, -0.25) is 9.36 Å². The topological polar surface area (TPSA) is 61.2 Å². The summed E-state index contributed by atoms with van der Waals surface area (Å²) in [5.41, 5.74) is 2.86. The van der Waals surface area contributed by atoms with E-state index in [2.05, 4.69) is 4.98 Å². The minimum Gasteiger partial charge on any atom is -0.464 e. The molecule has 0 aliphatic rings. The lowest BCUT2D eigenvalue weighted by Crippen LogP contribution is -2.31. The Balaban J connectivity index is 2.16. The van der Waals surface area contributed by atoms with Crippen LogP contribution in [0.1, 0.15) is 43.2 Å². The molecule has 3 rings (SSSR count). The van der Waals surface area contributed by atoms with Crippen molar-refractivity contribution in [3.8, 4) is 11.1 Å². The molecular formula is C21H24N2O3S. The Kier molecular flexibility index (Phi) is 5.75. The van der Waals surface area contributed by atoms with Crippen LogP contribution < -0.4 is 5.56 Å². The van der Waals surface area contributed by atoms with Crippen LogP contribution in [0.2, 0.25) is 0 Å². The van der Waals surface area contributed by atoms with E-state index in [1.54, 1.807) is 0 Å². The van der Waals surface area contributed by atoms with E-state index in [4.69, 9.17) is 4.74 Å². The number of aromatic nitrogens is 2. The molecule has 1 aromatic carbocycles. The van der Waals surface area contributed by atoms with Crippen LogP contribution in [0.3, 0.4) is 0 Å². The van der Waals surface area contributed by atoms with Crippen molar-refractivity contribution in [3.05, 3.63) is 51.4 Å². The highest BCUT2D eigenvalue weighted by atomic mass is 32.1. The fraction of sp³-hybridized carbons (Fsp3) is 0.381. The molecule has 0 fully saturated rings. The molecule has 6 heteroatoms. The van der Waals surface area contributed by atoms with Crippen molar-refractivity contribution in [2.24, 2.45) is 0 Å². The Labute approximate surface area is 162 Å². The molecule has 0 radical (unpaired) electrons. The zero-order valence-corrected chi connectivity index (χ0v) is 16.9. The summed E-state index contributed by atoms with van der Waals surface area (Å²) in [6.07, 6.45) is 2.69. The summed E-state index contributed by atoms with van der Waals surface area (Å²) < 4.78 is 6.70. The standard InChI is InChI=1S/C21H24N2O3S/c1-5-11-26-21(25)16(6-2)23-12-22-19-18(20(23)24)17(14(4)27-19)15-9-7-13(3)8-10-15/h7-10,12,16H,5-6,11H2,1-4H3/t16-/m1/s1. The number of carbonyl (C=O) groups is 1. The van der Waals surface area contributed by atoms with Crippen LogP contribution in [-0.2, 0) is 9.53 Å². The zero-order valence-electron chi connectivity index (χ0n) is 16.1. The fourth-order valence-corrected chi connectivity index (χ4v) is 4.18. The number of thiophene rings is 1. The number of esters is 1. The van der Waals surface area contributed by atoms with Crippen molar-refractivity contribution in [1.29, 1.82) is 0 Å². The second-order valence-electron chi connectivity index (χ2n) is 6.63. The van der Waals surface area contributed by atoms with Gasteiger partial charge in [-0.1, -0.05) is 43.7 Å². The van der Waals surface area contributed by atoms with Crippen LogP contribution in [0.4, 0.5) is 0 Å². The first-order valence-electron chi connectivity index (χ1n) is 9.21. The normalized spacial score (nSPS) is 12.3. The number of aryl methyl sites for hydroxylation is 2. The third kappa shape index (κ3) is 3.67. The lowest BCUT2D eigenvalue weighted by Gasteiger charge is -2.16. The minimum absolute atomic E-state index is 0.194. The minimum atomic E-state index is -0.660. The molecule has 5 nitrogen and oxygen atoms in total. The van der Waals surface area contributed by atoms with Crippen molar-refractivity contribution in [3.63, 3.8) is 0 Å².